The van der Waals surface area contributed by atoms with Gasteiger partial charge in [-0.15, -0.1) is 11.3 Å². The molecule has 1 N–H and O–H groups in total. The number of rotatable bonds is 5. The van der Waals surface area contributed by atoms with E-state index in [0.717, 1.165) is 25.6 Å². The summed E-state index contributed by atoms with van der Waals surface area (Å²) in [5.74, 6) is 0.722. The third-order valence-corrected chi connectivity index (χ3v) is 4.23. The van der Waals surface area contributed by atoms with Crippen molar-refractivity contribution in [3.05, 3.63) is 17.5 Å². The fourth-order valence-corrected chi connectivity index (χ4v) is 3.14. The summed E-state index contributed by atoms with van der Waals surface area (Å²) in [6, 6.07) is 4.32. The van der Waals surface area contributed by atoms with Crippen LogP contribution in [0.5, 0.6) is 0 Å². The van der Waals surface area contributed by atoms with Crippen molar-refractivity contribution in [2.24, 2.45) is 5.92 Å². The van der Waals surface area contributed by atoms with Crippen molar-refractivity contribution in [1.29, 1.82) is 0 Å². The van der Waals surface area contributed by atoms with E-state index in [4.69, 9.17) is 0 Å². The molecular weight excluding hydrogens is 230 g/mol. The molecule has 17 heavy (non-hydrogen) atoms. The largest absolute Gasteiger partial charge is 0.366 e. The maximum atomic E-state index is 3.40. The number of piperazine rings is 1. The van der Waals surface area contributed by atoms with E-state index in [1.807, 2.05) is 11.3 Å². The van der Waals surface area contributed by atoms with E-state index in [2.05, 4.69) is 46.6 Å². The summed E-state index contributed by atoms with van der Waals surface area (Å²) in [6.45, 7) is 9.41. The molecule has 2 rings (SSSR count). The van der Waals surface area contributed by atoms with Crippen molar-refractivity contribution in [2.45, 2.75) is 6.92 Å². The molecule has 0 radical (unpaired) electrons. The molecule has 0 saturated carbocycles. The molecule has 1 saturated heterocycles. The summed E-state index contributed by atoms with van der Waals surface area (Å²) in [4.78, 5) is 4.95. The molecule has 1 aliphatic rings. The highest BCUT2D eigenvalue weighted by molar-refractivity contribution is 7.14. The van der Waals surface area contributed by atoms with Gasteiger partial charge in [0.05, 0.1) is 5.00 Å². The van der Waals surface area contributed by atoms with Crippen molar-refractivity contribution in [1.82, 2.24) is 10.2 Å². The van der Waals surface area contributed by atoms with Crippen LogP contribution in [-0.2, 0) is 0 Å². The fourth-order valence-electron chi connectivity index (χ4n) is 2.44. The predicted octanol–water partition coefficient (Wildman–Crippen LogP) is 1.73. The Balaban J connectivity index is 1.74. The first kappa shape index (κ1) is 12.9. The smallest absolute Gasteiger partial charge is 0.0905 e. The summed E-state index contributed by atoms with van der Waals surface area (Å²) in [7, 11) is 2.19. The number of nitrogens with one attached hydrogen (secondary N) is 1. The van der Waals surface area contributed by atoms with Gasteiger partial charge in [-0.3, -0.25) is 0 Å². The van der Waals surface area contributed by atoms with Crippen LogP contribution in [-0.4, -0.2) is 51.2 Å². The highest BCUT2D eigenvalue weighted by Gasteiger charge is 2.14. The van der Waals surface area contributed by atoms with Crippen LogP contribution < -0.4 is 10.2 Å². The molecule has 0 aliphatic carbocycles. The van der Waals surface area contributed by atoms with Gasteiger partial charge in [0.2, 0.25) is 0 Å². The number of hydrogen-bond donors (Lipinski definition) is 1. The first-order chi connectivity index (χ1) is 8.25. The second-order valence-corrected chi connectivity index (χ2v) is 5.91. The van der Waals surface area contributed by atoms with Crippen LogP contribution in [0.15, 0.2) is 17.5 Å². The average Bonchev–Trinajstić information content (AvgIpc) is 2.83. The molecule has 1 fully saturated rings. The van der Waals surface area contributed by atoms with Gasteiger partial charge in [-0.2, -0.15) is 0 Å². The number of hydrogen-bond acceptors (Lipinski definition) is 4. The Bertz CT molecular complexity index is 306. The van der Waals surface area contributed by atoms with Gasteiger partial charge in [0.15, 0.2) is 0 Å². The third-order valence-electron chi connectivity index (χ3n) is 3.25. The molecule has 1 aromatic rings. The monoisotopic (exact) mass is 253 g/mol. The zero-order valence-electron chi connectivity index (χ0n) is 10.9. The molecule has 1 aliphatic heterocycles. The molecular formula is C13H23N3S. The molecule has 3 nitrogen and oxygen atoms in total. The van der Waals surface area contributed by atoms with Gasteiger partial charge in [-0.05, 0) is 23.4 Å². The van der Waals surface area contributed by atoms with E-state index < -0.39 is 0 Å². The molecule has 0 aromatic carbocycles. The zero-order valence-corrected chi connectivity index (χ0v) is 11.7. The lowest BCUT2D eigenvalue weighted by molar-refractivity contribution is 0.213. The topological polar surface area (TPSA) is 18.5 Å². The molecule has 2 heterocycles. The molecule has 96 valence electrons. The lowest BCUT2D eigenvalue weighted by Gasteiger charge is -2.31. The van der Waals surface area contributed by atoms with Gasteiger partial charge >= 0.3 is 0 Å². The average molecular weight is 253 g/mol. The molecule has 1 atom stereocenters. The summed E-state index contributed by atoms with van der Waals surface area (Å²) in [5, 5.41) is 6.92. The second-order valence-electron chi connectivity index (χ2n) is 4.99. The Kier molecular flexibility index (Phi) is 4.83. The fraction of sp³-hybridized carbons (Fsp3) is 0.692. The van der Waals surface area contributed by atoms with E-state index >= 15 is 0 Å². The van der Waals surface area contributed by atoms with E-state index in [0.29, 0.717) is 0 Å². The molecule has 0 bridgehead atoms. The van der Waals surface area contributed by atoms with Crippen LogP contribution in [0.4, 0.5) is 5.00 Å². The minimum absolute atomic E-state index is 0.722. The first-order valence-electron chi connectivity index (χ1n) is 6.43. The van der Waals surface area contributed by atoms with Crippen LogP contribution in [0.25, 0.3) is 0 Å². The Hall–Kier alpha value is -0.580. The molecule has 1 unspecified atom stereocenters. The summed E-state index contributed by atoms with van der Waals surface area (Å²) >= 11 is 1.82. The normalized spacial score (nSPS) is 19.2. The molecule has 4 heteroatoms. The van der Waals surface area contributed by atoms with Gasteiger partial charge in [-0.1, -0.05) is 6.92 Å². The second kappa shape index (κ2) is 6.38. The highest BCUT2D eigenvalue weighted by Crippen LogP contribution is 2.20. The van der Waals surface area contributed by atoms with Crippen LogP contribution in [0.3, 0.4) is 0 Å². The standard InChI is InChI=1S/C13H23N3S/c1-12(11-16-7-5-14-6-8-16)10-15(2)13-4-3-9-17-13/h3-4,9,12,14H,5-8,10-11H2,1-2H3. The third kappa shape index (κ3) is 3.98. The van der Waals surface area contributed by atoms with Crippen LogP contribution in [0.2, 0.25) is 0 Å². The Morgan fingerprint density at radius 1 is 1.47 bits per heavy atom. The van der Waals surface area contributed by atoms with E-state index in [1.165, 1.54) is 24.6 Å². The van der Waals surface area contributed by atoms with Crippen LogP contribution in [0.1, 0.15) is 6.92 Å². The van der Waals surface area contributed by atoms with Gasteiger partial charge in [0.1, 0.15) is 0 Å². The zero-order chi connectivity index (χ0) is 12.1. The highest BCUT2D eigenvalue weighted by atomic mass is 32.1. The first-order valence-corrected chi connectivity index (χ1v) is 7.31. The van der Waals surface area contributed by atoms with Crippen LogP contribution >= 0.6 is 11.3 Å². The number of anilines is 1. The van der Waals surface area contributed by atoms with Gasteiger partial charge < -0.3 is 15.1 Å². The van der Waals surface area contributed by atoms with Gasteiger partial charge in [-0.25, -0.2) is 0 Å². The molecule has 1 aromatic heterocycles. The van der Waals surface area contributed by atoms with E-state index in [9.17, 15) is 0 Å². The van der Waals surface area contributed by atoms with E-state index in [-0.39, 0.29) is 0 Å². The summed E-state index contributed by atoms with van der Waals surface area (Å²) in [6.07, 6.45) is 0. The van der Waals surface area contributed by atoms with E-state index in [1.54, 1.807) is 0 Å². The quantitative estimate of drug-likeness (QED) is 0.862. The maximum Gasteiger partial charge on any atom is 0.0905 e. The van der Waals surface area contributed by atoms with Gasteiger partial charge in [0, 0.05) is 46.3 Å². The van der Waals surface area contributed by atoms with Crippen molar-refractivity contribution < 1.29 is 0 Å². The lowest BCUT2D eigenvalue weighted by Crippen LogP contribution is -2.46. The summed E-state index contributed by atoms with van der Waals surface area (Å²) in [5.41, 5.74) is 0. The van der Waals surface area contributed by atoms with Crippen molar-refractivity contribution in [3.63, 3.8) is 0 Å². The Labute approximate surface area is 108 Å². The van der Waals surface area contributed by atoms with Crippen molar-refractivity contribution in [2.75, 3.05) is 51.2 Å². The minimum Gasteiger partial charge on any atom is -0.366 e. The lowest BCUT2D eigenvalue weighted by atomic mass is 10.1. The summed E-state index contributed by atoms with van der Waals surface area (Å²) < 4.78 is 0. The Morgan fingerprint density at radius 2 is 2.24 bits per heavy atom. The van der Waals surface area contributed by atoms with Crippen molar-refractivity contribution in [3.8, 4) is 0 Å². The van der Waals surface area contributed by atoms with Crippen LogP contribution in [0, 0.1) is 5.92 Å². The minimum atomic E-state index is 0.722. The SMILES string of the molecule is CC(CN1CCNCC1)CN(C)c1cccs1. The predicted molar refractivity (Wildman–Crippen MR) is 76.1 cm³/mol. The van der Waals surface area contributed by atoms with Gasteiger partial charge in [0.25, 0.3) is 0 Å². The Morgan fingerprint density at radius 3 is 2.88 bits per heavy atom. The molecule has 0 amide bonds. The number of nitrogens with zero attached hydrogens (tertiary/aromatic N) is 2. The maximum absolute atomic E-state index is 3.40. The molecule has 0 spiro atoms. The van der Waals surface area contributed by atoms with Crippen molar-refractivity contribution >= 4 is 16.3 Å². The number of thiophene rings is 1.